The Balaban J connectivity index is 4.20. The lowest BCUT2D eigenvalue weighted by molar-refractivity contribution is 1.04. The van der Waals surface area contributed by atoms with E-state index in [2.05, 4.69) is 0 Å². The van der Waals surface area contributed by atoms with Crippen molar-refractivity contribution >= 4 is 98.4 Å². The first-order chi connectivity index (χ1) is 5.73. The molecule has 0 unspecified atom stereocenters. The molecule has 0 saturated heterocycles. The predicted octanol–water partition coefficient (Wildman–Crippen LogP) is 4.94. The van der Waals surface area contributed by atoms with Gasteiger partial charge in [-0.2, -0.15) is 0 Å². The molecule has 0 bridgehead atoms. The van der Waals surface area contributed by atoms with E-state index in [0.717, 1.165) is 0 Å². The largest absolute Gasteiger partial charge is 0.343 e. The standard InChI is InChI=1S/C3H5Cl7Si3/c4-11(5)1-3(2-12(6)7)13(8,9)10/h3H,1-2H2. The fourth-order valence-corrected chi connectivity index (χ4v) is 13.0. The first-order valence-corrected chi connectivity index (χ1v) is 15.7. The zero-order chi connectivity index (χ0) is 10.6. The Morgan fingerprint density at radius 2 is 1.15 bits per heavy atom. The van der Waals surface area contributed by atoms with E-state index in [1.807, 2.05) is 0 Å². The minimum absolute atomic E-state index is 0.120. The van der Waals surface area contributed by atoms with Crippen molar-refractivity contribution < 1.29 is 0 Å². The van der Waals surface area contributed by atoms with Gasteiger partial charge < -0.3 is 0 Å². The van der Waals surface area contributed by atoms with Gasteiger partial charge in [0.15, 0.2) is 0 Å². The molecular weight excluding hydrogens is 368 g/mol. The molecular formula is C3H5Cl7Si3. The van der Waals surface area contributed by atoms with Gasteiger partial charge in [0.2, 0.25) is 0 Å². The maximum atomic E-state index is 5.86. The van der Waals surface area contributed by atoms with E-state index in [-0.39, 0.29) is 5.54 Å². The average Bonchev–Trinajstić information content (AvgIpc) is 1.81. The van der Waals surface area contributed by atoms with Crippen molar-refractivity contribution in [1.29, 1.82) is 0 Å². The van der Waals surface area contributed by atoms with E-state index < -0.39 is 20.8 Å². The Labute approximate surface area is 115 Å². The van der Waals surface area contributed by atoms with Crippen LogP contribution in [0.25, 0.3) is 0 Å². The summed E-state index contributed by atoms with van der Waals surface area (Å²) in [4.78, 5) is 0. The molecule has 0 nitrogen and oxygen atoms in total. The molecule has 13 heavy (non-hydrogen) atoms. The Hall–Kier alpha value is 2.68. The topological polar surface area (TPSA) is 0 Å². The highest BCUT2D eigenvalue weighted by molar-refractivity contribution is 7.65. The van der Waals surface area contributed by atoms with Crippen LogP contribution >= 0.6 is 77.6 Å². The van der Waals surface area contributed by atoms with Crippen LogP contribution in [0.4, 0.5) is 0 Å². The van der Waals surface area contributed by atoms with Crippen molar-refractivity contribution in [1.82, 2.24) is 0 Å². The van der Waals surface area contributed by atoms with Crippen LogP contribution in [0.2, 0.25) is 17.6 Å². The normalized spacial score (nSPS) is 13.4. The van der Waals surface area contributed by atoms with Crippen LogP contribution in [0.15, 0.2) is 0 Å². The number of rotatable bonds is 5. The quantitative estimate of drug-likeness (QED) is 0.473. The van der Waals surface area contributed by atoms with Crippen molar-refractivity contribution in [2.45, 2.75) is 17.6 Å². The van der Waals surface area contributed by atoms with Crippen LogP contribution in [-0.2, 0) is 0 Å². The van der Waals surface area contributed by atoms with Crippen molar-refractivity contribution in [3.63, 3.8) is 0 Å². The second-order valence-corrected chi connectivity index (χ2v) is 20.1. The third-order valence-electron chi connectivity index (χ3n) is 1.26. The lowest BCUT2D eigenvalue weighted by Crippen LogP contribution is -2.24. The lowest BCUT2D eigenvalue weighted by Gasteiger charge is -2.21. The molecule has 78 valence electrons. The van der Waals surface area contributed by atoms with Gasteiger partial charge in [-0.25, -0.2) is 0 Å². The van der Waals surface area contributed by atoms with Gasteiger partial charge in [0.05, 0.1) is 0 Å². The summed E-state index contributed by atoms with van der Waals surface area (Å²) in [5.41, 5.74) is -0.120. The first kappa shape index (κ1) is 15.7. The van der Waals surface area contributed by atoms with E-state index >= 15 is 0 Å². The van der Waals surface area contributed by atoms with Crippen molar-refractivity contribution in [2.24, 2.45) is 0 Å². The fraction of sp³-hybridized carbons (Fsp3) is 1.00. The molecule has 0 aromatic rings. The summed E-state index contributed by atoms with van der Waals surface area (Å²) in [5, 5.41) is 0. The highest BCUT2D eigenvalue weighted by atomic mass is 35.8. The highest BCUT2D eigenvalue weighted by Gasteiger charge is 2.39. The molecule has 0 spiro atoms. The zero-order valence-electron chi connectivity index (χ0n) is 6.14. The summed E-state index contributed by atoms with van der Waals surface area (Å²) in [7, 11) is -2.87. The molecule has 0 aliphatic heterocycles. The average molecular weight is 374 g/mol. The number of halogens is 7. The maximum absolute atomic E-state index is 5.86. The van der Waals surface area contributed by atoms with E-state index in [1.54, 1.807) is 0 Å². The minimum atomic E-state index is -2.78. The Morgan fingerprint density at radius 1 is 0.846 bits per heavy atom. The molecule has 0 heterocycles. The van der Waals surface area contributed by atoms with Gasteiger partial charge in [0.25, 0.3) is 14.8 Å². The smallest absolute Gasteiger partial charge is 0.147 e. The SMILES string of the molecule is Cl[Si](Cl)CC(C[Si](Cl)Cl)[Si](Cl)(Cl)Cl. The van der Waals surface area contributed by atoms with Gasteiger partial charge in [-0.3, -0.25) is 0 Å². The molecule has 0 aliphatic carbocycles. The first-order valence-electron chi connectivity index (χ1n) is 3.14. The number of hydrogen-bond donors (Lipinski definition) is 0. The third kappa shape index (κ3) is 8.48. The Morgan fingerprint density at radius 3 is 1.31 bits per heavy atom. The molecule has 0 aromatic carbocycles. The molecule has 0 amide bonds. The van der Waals surface area contributed by atoms with E-state index in [4.69, 9.17) is 77.6 Å². The molecule has 0 rings (SSSR count). The van der Waals surface area contributed by atoms with Crippen molar-refractivity contribution in [2.75, 3.05) is 0 Å². The van der Waals surface area contributed by atoms with Crippen molar-refractivity contribution in [3.8, 4) is 0 Å². The summed E-state index contributed by atoms with van der Waals surface area (Å²) in [6.07, 6.45) is 0. The fourth-order valence-electron chi connectivity index (χ4n) is 0.676. The van der Waals surface area contributed by atoms with Crippen LogP contribution in [-0.4, -0.2) is 20.8 Å². The maximum Gasteiger partial charge on any atom is 0.343 e. The Bertz CT molecular complexity index is 134. The summed E-state index contributed by atoms with van der Waals surface area (Å²) < 4.78 is 0. The van der Waals surface area contributed by atoms with E-state index in [9.17, 15) is 0 Å². The molecule has 0 aliphatic rings. The molecule has 0 fully saturated rings. The number of hydrogen-bond acceptors (Lipinski definition) is 0. The predicted molar refractivity (Wildman–Crippen MR) is 71.6 cm³/mol. The molecule has 0 atom stereocenters. The van der Waals surface area contributed by atoms with Gasteiger partial charge in [-0.05, 0) is 17.6 Å². The van der Waals surface area contributed by atoms with Crippen LogP contribution < -0.4 is 0 Å². The van der Waals surface area contributed by atoms with E-state index in [0.29, 0.717) is 12.1 Å². The summed E-state index contributed by atoms with van der Waals surface area (Å²) in [6, 6.07) is -1.72. The van der Waals surface area contributed by atoms with Gasteiger partial charge >= 0.3 is 6.00 Å². The van der Waals surface area contributed by atoms with Crippen LogP contribution in [0.1, 0.15) is 0 Å². The van der Waals surface area contributed by atoms with E-state index in [1.165, 1.54) is 0 Å². The molecule has 2 radical (unpaired) electrons. The zero-order valence-corrected chi connectivity index (χ0v) is 14.4. The second-order valence-electron chi connectivity index (χ2n) is 2.32. The van der Waals surface area contributed by atoms with Gasteiger partial charge in [0, 0.05) is 0 Å². The van der Waals surface area contributed by atoms with Gasteiger partial charge in [-0.1, -0.05) is 0 Å². The van der Waals surface area contributed by atoms with Gasteiger partial charge in [0.1, 0.15) is 0 Å². The molecule has 0 aromatic heterocycles. The summed E-state index contributed by atoms with van der Waals surface area (Å²) in [5.74, 6) is 0. The summed E-state index contributed by atoms with van der Waals surface area (Å²) in [6.45, 7) is 0. The molecule has 10 heteroatoms. The third-order valence-corrected chi connectivity index (χ3v) is 9.65. The highest BCUT2D eigenvalue weighted by Crippen LogP contribution is 2.42. The monoisotopic (exact) mass is 370 g/mol. The van der Waals surface area contributed by atoms with Crippen molar-refractivity contribution in [3.05, 3.63) is 0 Å². The minimum Gasteiger partial charge on any atom is -0.147 e. The Kier molecular flexibility index (Phi) is 8.56. The molecule has 0 N–H and O–H groups in total. The lowest BCUT2D eigenvalue weighted by atomic mass is 10.5. The van der Waals surface area contributed by atoms with Crippen LogP contribution in [0.5, 0.6) is 0 Å². The molecule has 0 saturated carbocycles. The van der Waals surface area contributed by atoms with Gasteiger partial charge in [-0.15, -0.1) is 77.6 Å². The summed E-state index contributed by atoms with van der Waals surface area (Å²) >= 11 is 40.4. The van der Waals surface area contributed by atoms with Crippen LogP contribution in [0, 0.1) is 0 Å². The second kappa shape index (κ2) is 7.09. The van der Waals surface area contributed by atoms with Crippen LogP contribution in [0.3, 0.4) is 0 Å².